The zero-order chi connectivity index (χ0) is 20.1. The summed E-state index contributed by atoms with van der Waals surface area (Å²) in [5, 5.41) is 8.01. The van der Waals surface area contributed by atoms with Gasteiger partial charge in [-0.05, 0) is 37.0 Å². The second kappa shape index (κ2) is 9.05. The molecule has 0 saturated heterocycles. The van der Waals surface area contributed by atoms with Gasteiger partial charge in [0, 0.05) is 17.9 Å². The van der Waals surface area contributed by atoms with Crippen molar-refractivity contribution < 1.29 is 19.1 Å². The minimum Gasteiger partial charge on any atom is -0.497 e. The van der Waals surface area contributed by atoms with E-state index in [0.717, 1.165) is 31.2 Å². The fourth-order valence-corrected chi connectivity index (χ4v) is 4.27. The van der Waals surface area contributed by atoms with Crippen LogP contribution in [0.15, 0.2) is 23.6 Å². The number of hydrogen-bond donors (Lipinski definition) is 2. The molecule has 8 heteroatoms. The van der Waals surface area contributed by atoms with Gasteiger partial charge in [-0.25, -0.2) is 4.98 Å². The average Bonchev–Trinajstić information content (AvgIpc) is 3.37. The maximum absolute atomic E-state index is 12.8. The lowest BCUT2D eigenvalue weighted by atomic mass is 9.97. The second-order valence-electron chi connectivity index (χ2n) is 6.82. The summed E-state index contributed by atoms with van der Waals surface area (Å²) >= 11 is 1.33. The Morgan fingerprint density at radius 3 is 2.61 bits per heavy atom. The molecule has 150 valence electrons. The van der Waals surface area contributed by atoms with Crippen LogP contribution in [-0.2, 0) is 9.59 Å². The van der Waals surface area contributed by atoms with Crippen molar-refractivity contribution in [3.63, 3.8) is 0 Å². The molecule has 0 unspecified atom stereocenters. The number of carbonyl (C=O) groups excluding carboxylic acids is 2. The molecule has 0 radical (unpaired) electrons. The van der Waals surface area contributed by atoms with Crippen molar-refractivity contribution in [2.75, 3.05) is 19.5 Å². The Morgan fingerprint density at radius 1 is 1.21 bits per heavy atom. The van der Waals surface area contributed by atoms with Crippen LogP contribution in [-0.4, -0.2) is 37.1 Å². The summed E-state index contributed by atoms with van der Waals surface area (Å²) in [6.45, 7) is 1.44. The number of rotatable bonds is 7. The number of anilines is 1. The standard InChI is InChI=1S/C20H25N3O4S/c1-12(24)21-18(13-6-4-5-7-13)19(25)23-20-22-16(11-28-20)15-10-14(26-2)8-9-17(15)27-3/h8-11,13,18H,4-7H2,1-3H3,(H,21,24)(H,22,23,25)/t18-/m1/s1. The number of aromatic nitrogens is 1. The summed E-state index contributed by atoms with van der Waals surface area (Å²) in [7, 11) is 3.20. The number of amides is 2. The van der Waals surface area contributed by atoms with Crippen LogP contribution in [0.3, 0.4) is 0 Å². The van der Waals surface area contributed by atoms with Crippen LogP contribution in [0.2, 0.25) is 0 Å². The maximum Gasteiger partial charge on any atom is 0.249 e. The van der Waals surface area contributed by atoms with Gasteiger partial charge in [0.05, 0.1) is 19.9 Å². The predicted molar refractivity (Wildman–Crippen MR) is 109 cm³/mol. The summed E-state index contributed by atoms with van der Waals surface area (Å²) in [6, 6.07) is 4.95. The van der Waals surface area contributed by atoms with Crippen LogP contribution in [0.4, 0.5) is 5.13 Å². The van der Waals surface area contributed by atoms with Gasteiger partial charge < -0.3 is 20.1 Å². The molecule has 0 spiro atoms. The van der Waals surface area contributed by atoms with E-state index in [0.29, 0.717) is 22.3 Å². The molecule has 1 atom stereocenters. The van der Waals surface area contributed by atoms with E-state index in [1.165, 1.54) is 18.3 Å². The summed E-state index contributed by atoms with van der Waals surface area (Å²) in [5.74, 6) is 1.11. The van der Waals surface area contributed by atoms with Gasteiger partial charge in [0.2, 0.25) is 11.8 Å². The highest BCUT2D eigenvalue weighted by Crippen LogP contribution is 2.35. The first-order chi connectivity index (χ1) is 13.5. The Hall–Kier alpha value is -2.61. The largest absolute Gasteiger partial charge is 0.497 e. The zero-order valence-electron chi connectivity index (χ0n) is 16.3. The van der Waals surface area contributed by atoms with Crippen molar-refractivity contribution in [3.05, 3.63) is 23.6 Å². The molecule has 1 aromatic carbocycles. The lowest BCUT2D eigenvalue weighted by Crippen LogP contribution is -2.47. The highest BCUT2D eigenvalue weighted by molar-refractivity contribution is 7.14. The lowest BCUT2D eigenvalue weighted by Gasteiger charge is -2.22. The summed E-state index contributed by atoms with van der Waals surface area (Å²) in [5.41, 5.74) is 1.47. The molecule has 0 aliphatic heterocycles. The van der Waals surface area contributed by atoms with Crippen LogP contribution in [0.25, 0.3) is 11.3 Å². The van der Waals surface area contributed by atoms with E-state index in [9.17, 15) is 9.59 Å². The van der Waals surface area contributed by atoms with Gasteiger partial charge in [-0.15, -0.1) is 11.3 Å². The van der Waals surface area contributed by atoms with Crippen LogP contribution in [0, 0.1) is 5.92 Å². The van der Waals surface area contributed by atoms with E-state index in [1.807, 2.05) is 23.6 Å². The van der Waals surface area contributed by atoms with E-state index in [2.05, 4.69) is 15.6 Å². The Morgan fingerprint density at radius 2 is 1.96 bits per heavy atom. The van der Waals surface area contributed by atoms with Crippen molar-refractivity contribution in [2.24, 2.45) is 5.92 Å². The molecule has 0 bridgehead atoms. The Bertz CT molecular complexity index is 846. The highest BCUT2D eigenvalue weighted by atomic mass is 32.1. The van der Waals surface area contributed by atoms with E-state index < -0.39 is 6.04 Å². The van der Waals surface area contributed by atoms with Gasteiger partial charge in [-0.2, -0.15) is 0 Å². The van der Waals surface area contributed by atoms with Gasteiger partial charge in [0.1, 0.15) is 17.5 Å². The molecule has 1 fully saturated rings. The minimum atomic E-state index is -0.529. The molecule has 1 aliphatic carbocycles. The van der Waals surface area contributed by atoms with Gasteiger partial charge in [0.15, 0.2) is 5.13 Å². The van der Waals surface area contributed by atoms with Crippen LogP contribution >= 0.6 is 11.3 Å². The third-order valence-electron chi connectivity index (χ3n) is 4.93. The van der Waals surface area contributed by atoms with Crippen LogP contribution in [0.1, 0.15) is 32.6 Å². The van der Waals surface area contributed by atoms with E-state index in [4.69, 9.17) is 9.47 Å². The van der Waals surface area contributed by atoms with E-state index >= 15 is 0 Å². The number of nitrogens with one attached hydrogen (secondary N) is 2. The van der Waals surface area contributed by atoms with Crippen molar-refractivity contribution in [1.29, 1.82) is 0 Å². The van der Waals surface area contributed by atoms with Crippen LogP contribution in [0.5, 0.6) is 11.5 Å². The van der Waals surface area contributed by atoms with E-state index in [-0.39, 0.29) is 17.7 Å². The average molecular weight is 404 g/mol. The molecule has 2 aromatic rings. The number of nitrogens with zero attached hydrogens (tertiary/aromatic N) is 1. The molecule has 1 heterocycles. The highest BCUT2D eigenvalue weighted by Gasteiger charge is 2.31. The third-order valence-corrected chi connectivity index (χ3v) is 5.69. The van der Waals surface area contributed by atoms with E-state index in [1.54, 1.807) is 14.2 Å². The second-order valence-corrected chi connectivity index (χ2v) is 7.67. The third kappa shape index (κ3) is 4.62. The van der Waals surface area contributed by atoms with Gasteiger partial charge in [-0.1, -0.05) is 12.8 Å². The summed E-state index contributed by atoms with van der Waals surface area (Å²) in [6.07, 6.45) is 4.07. The smallest absolute Gasteiger partial charge is 0.249 e. The first-order valence-corrected chi connectivity index (χ1v) is 10.2. The number of ether oxygens (including phenoxy) is 2. The molecule has 7 nitrogen and oxygen atoms in total. The molecular weight excluding hydrogens is 378 g/mol. The number of thiazole rings is 1. The summed E-state index contributed by atoms with van der Waals surface area (Å²) < 4.78 is 10.7. The Labute approximate surface area is 168 Å². The number of carbonyl (C=O) groups is 2. The maximum atomic E-state index is 12.8. The fraction of sp³-hybridized carbons (Fsp3) is 0.450. The predicted octanol–water partition coefficient (Wildman–Crippen LogP) is 3.46. The molecule has 1 saturated carbocycles. The van der Waals surface area contributed by atoms with Crippen molar-refractivity contribution in [1.82, 2.24) is 10.3 Å². The first kappa shape index (κ1) is 20.1. The topological polar surface area (TPSA) is 89.5 Å². The van der Waals surface area contributed by atoms with Crippen molar-refractivity contribution in [2.45, 2.75) is 38.6 Å². The molecule has 2 N–H and O–H groups in total. The van der Waals surface area contributed by atoms with Crippen molar-refractivity contribution >= 4 is 28.3 Å². The quantitative estimate of drug-likeness (QED) is 0.739. The van der Waals surface area contributed by atoms with Crippen LogP contribution < -0.4 is 20.1 Å². The molecule has 3 rings (SSSR count). The Kier molecular flexibility index (Phi) is 6.51. The Balaban J connectivity index is 1.78. The monoisotopic (exact) mass is 403 g/mol. The fourth-order valence-electron chi connectivity index (χ4n) is 3.56. The molecular formula is C20H25N3O4S. The minimum absolute atomic E-state index is 0.168. The normalized spacial score (nSPS) is 15.1. The SMILES string of the molecule is COc1ccc(OC)c(-c2csc(NC(=O)[C@H](NC(C)=O)C3CCCC3)n2)c1. The van der Waals surface area contributed by atoms with Gasteiger partial charge >= 0.3 is 0 Å². The van der Waals surface area contributed by atoms with Gasteiger partial charge in [-0.3, -0.25) is 9.59 Å². The zero-order valence-corrected chi connectivity index (χ0v) is 17.1. The number of hydrogen-bond acceptors (Lipinski definition) is 6. The summed E-state index contributed by atoms with van der Waals surface area (Å²) in [4.78, 5) is 28.9. The molecule has 1 aliphatic rings. The molecule has 1 aromatic heterocycles. The number of benzene rings is 1. The molecule has 2 amide bonds. The lowest BCUT2D eigenvalue weighted by molar-refractivity contribution is -0.126. The molecule has 28 heavy (non-hydrogen) atoms. The van der Waals surface area contributed by atoms with Crippen molar-refractivity contribution in [3.8, 4) is 22.8 Å². The first-order valence-electron chi connectivity index (χ1n) is 9.27. The number of methoxy groups -OCH3 is 2. The van der Waals surface area contributed by atoms with Gasteiger partial charge in [0.25, 0.3) is 0 Å².